The summed E-state index contributed by atoms with van der Waals surface area (Å²) in [6.07, 6.45) is 2.94. The first-order chi connectivity index (χ1) is 6.66. The lowest BCUT2D eigenvalue weighted by atomic mass is 10.3. The molecule has 0 spiro atoms. The van der Waals surface area contributed by atoms with Gasteiger partial charge in [-0.25, -0.2) is 9.67 Å². The summed E-state index contributed by atoms with van der Waals surface area (Å²) in [7, 11) is 1.72. The normalized spacial score (nSPS) is 12.5. The zero-order chi connectivity index (χ0) is 10.6. The molecule has 0 saturated carbocycles. The Morgan fingerprint density at radius 3 is 2.93 bits per heavy atom. The van der Waals surface area contributed by atoms with Gasteiger partial charge in [0.15, 0.2) is 0 Å². The molecule has 0 saturated heterocycles. The van der Waals surface area contributed by atoms with Gasteiger partial charge in [0, 0.05) is 20.1 Å². The van der Waals surface area contributed by atoms with E-state index in [-0.39, 0.29) is 11.9 Å². The minimum Gasteiger partial charge on any atom is -0.343 e. The number of aromatic nitrogens is 3. The van der Waals surface area contributed by atoms with Crippen molar-refractivity contribution in [2.24, 2.45) is 5.73 Å². The zero-order valence-corrected chi connectivity index (χ0v) is 8.42. The first-order valence-corrected chi connectivity index (χ1v) is 4.46. The summed E-state index contributed by atoms with van der Waals surface area (Å²) in [5, 5.41) is 3.91. The van der Waals surface area contributed by atoms with Crippen molar-refractivity contribution in [3.8, 4) is 0 Å². The lowest BCUT2D eigenvalue weighted by molar-refractivity contribution is -0.133. The number of hydrogen-bond donors (Lipinski definition) is 1. The molecule has 6 heteroatoms. The number of amides is 1. The average molecular weight is 197 g/mol. The maximum absolute atomic E-state index is 11.7. The summed E-state index contributed by atoms with van der Waals surface area (Å²) in [6, 6.07) is -0.325. The van der Waals surface area contributed by atoms with Crippen LogP contribution in [-0.4, -0.2) is 45.7 Å². The van der Waals surface area contributed by atoms with E-state index in [0.29, 0.717) is 13.1 Å². The molecule has 0 radical (unpaired) electrons. The van der Waals surface area contributed by atoms with Gasteiger partial charge in [-0.05, 0) is 6.92 Å². The highest BCUT2D eigenvalue weighted by molar-refractivity contribution is 5.79. The van der Waals surface area contributed by atoms with Gasteiger partial charge in [-0.2, -0.15) is 5.10 Å². The fourth-order valence-corrected chi connectivity index (χ4v) is 1.15. The molecule has 0 aliphatic carbocycles. The van der Waals surface area contributed by atoms with Crippen LogP contribution in [0.3, 0.4) is 0 Å². The Kier molecular flexibility index (Phi) is 3.58. The van der Waals surface area contributed by atoms with Crippen LogP contribution in [-0.2, 0) is 4.79 Å². The zero-order valence-electron chi connectivity index (χ0n) is 8.42. The van der Waals surface area contributed by atoms with E-state index < -0.39 is 0 Å². The smallest absolute Gasteiger partial charge is 0.247 e. The molecule has 0 aromatic carbocycles. The van der Waals surface area contributed by atoms with Crippen molar-refractivity contribution in [3.05, 3.63) is 12.7 Å². The summed E-state index contributed by atoms with van der Waals surface area (Å²) < 4.78 is 1.52. The van der Waals surface area contributed by atoms with Crippen LogP contribution in [0.15, 0.2) is 12.7 Å². The number of nitrogens with two attached hydrogens (primary N) is 1. The molecule has 1 atom stereocenters. The molecule has 2 N–H and O–H groups in total. The standard InChI is InChI=1S/C8H15N5O/c1-7(13-6-10-5-11-13)8(14)12(2)4-3-9/h5-7H,3-4,9H2,1-2H3. The van der Waals surface area contributed by atoms with Gasteiger partial charge >= 0.3 is 0 Å². The fraction of sp³-hybridized carbons (Fsp3) is 0.625. The number of nitrogens with zero attached hydrogens (tertiary/aromatic N) is 4. The van der Waals surface area contributed by atoms with Gasteiger partial charge in [0.05, 0.1) is 0 Å². The quantitative estimate of drug-likeness (QED) is 0.689. The minimum absolute atomic E-state index is 0.0130. The maximum atomic E-state index is 11.7. The predicted octanol–water partition coefficient (Wildman–Crippen LogP) is -0.744. The summed E-state index contributed by atoms with van der Waals surface area (Å²) in [6.45, 7) is 2.80. The van der Waals surface area contributed by atoms with Crippen LogP contribution in [0.2, 0.25) is 0 Å². The number of rotatable bonds is 4. The molecule has 1 aromatic heterocycles. The highest BCUT2D eigenvalue weighted by Crippen LogP contribution is 2.05. The third kappa shape index (κ3) is 2.29. The first kappa shape index (κ1) is 10.6. The van der Waals surface area contributed by atoms with Gasteiger partial charge in [-0.1, -0.05) is 0 Å². The molecule has 6 nitrogen and oxygen atoms in total. The van der Waals surface area contributed by atoms with E-state index in [1.54, 1.807) is 18.9 Å². The lowest BCUT2D eigenvalue weighted by Gasteiger charge is -2.20. The van der Waals surface area contributed by atoms with E-state index in [1.807, 2.05) is 0 Å². The molecular weight excluding hydrogens is 182 g/mol. The third-order valence-electron chi connectivity index (χ3n) is 2.03. The van der Waals surface area contributed by atoms with Gasteiger partial charge in [0.1, 0.15) is 18.7 Å². The van der Waals surface area contributed by atoms with Crippen LogP contribution < -0.4 is 5.73 Å². The minimum atomic E-state index is -0.325. The second-order valence-corrected chi connectivity index (χ2v) is 3.10. The molecule has 0 bridgehead atoms. The lowest BCUT2D eigenvalue weighted by Crippen LogP contribution is -2.36. The van der Waals surface area contributed by atoms with Gasteiger partial charge in [-0.15, -0.1) is 0 Å². The van der Waals surface area contributed by atoms with Crippen molar-refractivity contribution >= 4 is 5.91 Å². The second-order valence-electron chi connectivity index (χ2n) is 3.10. The number of likely N-dealkylation sites (N-methyl/N-ethyl adjacent to an activating group) is 1. The molecule has 1 rings (SSSR count). The molecule has 0 aliphatic rings. The van der Waals surface area contributed by atoms with E-state index >= 15 is 0 Å². The number of hydrogen-bond acceptors (Lipinski definition) is 4. The monoisotopic (exact) mass is 197 g/mol. The van der Waals surface area contributed by atoms with Crippen LogP contribution >= 0.6 is 0 Å². The van der Waals surface area contributed by atoms with Gasteiger partial charge in [0.25, 0.3) is 0 Å². The predicted molar refractivity (Wildman–Crippen MR) is 51.4 cm³/mol. The van der Waals surface area contributed by atoms with Crippen molar-refractivity contribution < 1.29 is 4.79 Å². The largest absolute Gasteiger partial charge is 0.343 e. The Balaban J connectivity index is 2.61. The summed E-state index contributed by atoms with van der Waals surface area (Å²) in [5.74, 6) is -0.0130. The van der Waals surface area contributed by atoms with Crippen molar-refractivity contribution in [2.75, 3.05) is 20.1 Å². The highest BCUT2D eigenvalue weighted by Gasteiger charge is 2.18. The van der Waals surface area contributed by atoms with Crippen molar-refractivity contribution in [3.63, 3.8) is 0 Å². The topological polar surface area (TPSA) is 77.0 Å². The van der Waals surface area contributed by atoms with Crippen LogP contribution in [0.4, 0.5) is 0 Å². The Bertz CT molecular complexity index is 284. The molecule has 1 heterocycles. The van der Waals surface area contributed by atoms with Crippen LogP contribution in [0, 0.1) is 0 Å². The van der Waals surface area contributed by atoms with E-state index in [1.165, 1.54) is 17.3 Å². The van der Waals surface area contributed by atoms with E-state index in [4.69, 9.17) is 5.73 Å². The van der Waals surface area contributed by atoms with Crippen molar-refractivity contribution in [1.29, 1.82) is 0 Å². The van der Waals surface area contributed by atoms with Gasteiger partial charge < -0.3 is 10.6 Å². The van der Waals surface area contributed by atoms with E-state index in [0.717, 1.165) is 0 Å². The van der Waals surface area contributed by atoms with Crippen LogP contribution in [0.25, 0.3) is 0 Å². The number of carbonyl (C=O) groups excluding carboxylic acids is 1. The molecule has 0 fully saturated rings. The Morgan fingerprint density at radius 1 is 1.71 bits per heavy atom. The van der Waals surface area contributed by atoms with Crippen molar-refractivity contribution in [2.45, 2.75) is 13.0 Å². The molecule has 78 valence electrons. The summed E-state index contributed by atoms with van der Waals surface area (Å²) in [5.41, 5.74) is 5.36. The third-order valence-corrected chi connectivity index (χ3v) is 2.03. The molecule has 0 aliphatic heterocycles. The maximum Gasteiger partial charge on any atom is 0.247 e. The molecule has 14 heavy (non-hydrogen) atoms. The Labute approximate surface area is 82.7 Å². The Morgan fingerprint density at radius 2 is 2.43 bits per heavy atom. The number of carbonyl (C=O) groups is 1. The molecule has 1 amide bonds. The van der Waals surface area contributed by atoms with Crippen molar-refractivity contribution in [1.82, 2.24) is 19.7 Å². The molecule has 1 unspecified atom stereocenters. The Hall–Kier alpha value is -1.43. The summed E-state index contributed by atoms with van der Waals surface area (Å²) in [4.78, 5) is 17.1. The molecular formula is C8H15N5O. The highest BCUT2D eigenvalue weighted by atomic mass is 16.2. The molecule has 1 aromatic rings. The van der Waals surface area contributed by atoms with Crippen LogP contribution in [0.1, 0.15) is 13.0 Å². The SMILES string of the molecule is CC(C(=O)N(C)CCN)n1cncn1. The summed E-state index contributed by atoms with van der Waals surface area (Å²) >= 11 is 0. The van der Waals surface area contributed by atoms with E-state index in [9.17, 15) is 4.79 Å². The van der Waals surface area contributed by atoms with Gasteiger partial charge in [0.2, 0.25) is 5.91 Å². The van der Waals surface area contributed by atoms with Crippen LogP contribution in [0.5, 0.6) is 0 Å². The average Bonchev–Trinajstić information content (AvgIpc) is 2.68. The van der Waals surface area contributed by atoms with E-state index in [2.05, 4.69) is 10.1 Å². The fourth-order valence-electron chi connectivity index (χ4n) is 1.15. The first-order valence-electron chi connectivity index (χ1n) is 4.46. The van der Waals surface area contributed by atoms with Gasteiger partial charge in [-0.3, -0.25) is 4.79 Å². The second kappa shape index (κ2) is 4.71.